The Kier molecular flexibility index (Phi) is 18.5. The minimum absolute atomic E-state index is 0.00610. The topological polar surface area (TPSA) is 183 Å². The second-order valence-corrected chi connectivity index (χ2v) is 18.5. The van der Waals surface area contributed by atoms with E-state index in [0.29, 0.717) is 38.5 Å². The number of phenols is 1. The number of aliphatic hydroxyl groups excluding tert-OH is 4. The normalized spacial score (nSPS) is 27.3. The fourth-order valence-electron chi connectivity index (χ4n) is 10.5. The first-order valence-corrected chi connectivity index (χ1v) is 23.2. The maximum Gasteiger partial charge on any atom is 0.303 e. The Hall–Kier alpha value is -3.53. The summed E-state index contributed by atoms with van der Waals surface area (Å²) in [6.07, 6.45) is 12.4. The van der Waals surface area contributed by atoms with Crippen LogP contribution in [0.2, 0.25) is 0 Å². The average molecular weight is 843 g/mol. The van der Waals surface area contributed by atoms with Crippen LogP contribution in [-0.4, -0.2) is 96.4 Å². The fraction of sp³-hybridized carbons (Fsp3) is 0.627. The van der Waals surface area contributed by atoms with Gasteiger partial charge in [-0.25, -0.2) is 0 Å². The van der Waals surface area contributed by atoms with Gasteiger partial charge in [0.25, 0.3) is 0 Å². The molecule has 2 aliphatic heterocycles. The summed E-state index contributed by atoms with van der Waals surface area (Å²) in [4.78, 5) is 12.0. The predicted octanol–water partition coefficient (Wildman–Crippen LogP) is 6.97. The van der Waals surface area contributed by atoms with Gasteiger partial charge in [-0.3, -0.25) is 4.79 Å². The third-order valence-corrected chi connectivity index (χ3v) is 14.1. The number of phenolic OH excluding ortho intramolecular Hbond substituents is 1. The molecule has 0 unspecified atom stereocenters. The Morgan fingerprint density at radius 1 is 0.984 bits per heavy atom. The highest BCUT2D eigenvalue weighted by Gasteiger charge is 2.54. The standard InChI is InChI=1S/C51H74N2O8/c1-4-5-20-46(57)47(58)29-24-38-23-22-37-15-7-6-14-36(37)16-11-21-48(50(3,61)51(30-8-9-31-51)40-25-27-41(55)28-26-40)53-45(43(38)33-42(56)34-54)19-12-18-44-39(32-49(59)60)17-10-13-35(2)52-44/h6-7,14-15,24-29,35,39,42,44-48,52-58,61H,4-5,8-10,12-13,17-23,30-34H2,1-3H3,(H,59,60)/b29-24+,43-38+/t35-,39-,42-,44-,45-,46-,47+,48+,50-/m0/s1. The van der Waals surface area contributed by atoms with Crippen LogP contribution < -0.4 is 10.6 Å². The van der Waals surface area contributed by atoms with Crippen molar-refractivity contribution in [3.05, 3.63) is 88.5 Å². The van der Waals surface area contributed by atoms with Gasteiger partial charge in [0.1, 0.15) is 5.75 Å². The molecule has 2 fully saturated rings. The van der Waals surface area contributed by atoms with Gasteiger partial charge in [-0.2, -0.15) is 0 Å². The second kappa shape index (κ2) is 23.2. The number of nitrogens with one attached hydrogen (secondary N) is 2. The lowest BCUT2D eigenvalue weighted by Gasteiger charge is -2.49. The lowest BCUT2D eigenvalue weighted by Crippen LogP contribution is -2.62. The molecule has 1 saturated heterocycles. The van der Waals surface area contributed by atoms with Crippen LogP contribution in [0.4, 0.5) is 0 Å². The molecule has 0 bridgehead atoms. The van der Waals surface area contributed by atoms with Crippen molar-refractivity contribution in [2.75, 3.05) is 6.61 Å². The molecule has 1 saturated carbocycles. The van der Waals surface area contributed by atoms with E-state index >= 15 is 0 Å². The molecule has 0 aromatic heterocycles. The van der Waals surface area contributed by atoms with Crippen molar-refractivity contribution < 1.29 is 40.5 Å². The molecule has 2 aromatic carbocycles. The fourth-order valence-corrected chi connectivity index (χ4v) is 10.5. The minimum Gasteiger partial charge on any atom is -0.508 e. The number of carboxylic acid groups (broad SMARTS) is 1. The number of hydrogen-bond donors (Lipinski definition) is 9. The summed E-state index contributed by atoms with van der Waals surface area (Å²) in [5, 5.41) is 84.8. The molecule has 2 heterocycles. The van der Waals surface area contributed by atoms with E-state index < -0.39 is 54.0 Å². The molecule has 9 atom stereocenters. The molecule has 336 valence electrons. The van der Waals surface area contributed by atoms with Gasteiger partial charge in [-0.1, -0.05) is 99.8 Å². The maximum atomic E-state index is 13.3. The van der Waals surface area contributed by atoms with Crippen LogP contribution in [0, 0.1) is 17.8 Å². The number of rotatable bonds is 18. The Labute approximate surface area is 364 Å². The van der Waals surface area contributed by atoms with Crippen molar-refractivity contribution in [1.82, 2.24) is 10.6 Å². The van der Waals surface area contributed by atoms with Gasteiger partial charge in [0.15, 0.2) is 0 Å². The summed E-state index contributed by atoms with van der Waals surface area (Å²) in [5.74, 6) is 6.28. The van der Waals surface area contributed by atoms with Crippen LogP contribution in [-0.2, 0) is 16.6 Å². The zero-order valence-electron chi connectivity index (χ0n) is 36.9. The summed E-state index contributed by atoms with van der Waals surface area (Å²) < 4.78 is 0. The highest BCUT2D eigenvalue weighted by atomic mass is 16.4. The minimum atomic E-state index is -1.35. The summed E-state index contributed by atoms with van der Waals surface area (Å²) in [5.41, 5.74) is 2.62. The number of fused-ring (bicyclic) bond motifs is 1. The van der Waals surface area contributed by atoms with Crippen LogP contribution in [0.25, 0.3) is 0 Å². The van der Waals surface area contributed by atoms with Crippen molar-refractivity contribution in [1.29, 1.82) is 0 Å². The van der Waals surface area contributed by atoms with Gasteiger partial charge in [0.2, 0.25) is 0 Å². The largest absolute Gasteiger partial charge is 0.508 e. The van der Waals surface area contributed by atoms with Crippen LogP contribution in [0.1, 0.15) is 147 Å². The molecule has 0 spiro atoms. The predicted molar refractivity (Wildman–Crippen MR) is 241 cm³/mol. The molecule has 9 N–H and O–H groups in total. The van der Waals surface area contributed by atoms with Gasteiger partial charge in [-0.15, -0.1) is 0 Å². The zero-order chi connectivity index (χ0) is 44.0. The first-order valence-electron chi connectivity index (χ1n) is 23.2. The highest BCUT2D eigenvalue weighted by molar-refractivity contribution is 5.67. The summed E-state index contributed by atoms with van der Waals surface area (Å²) in [6, 6.07) is 14.5. The number of unbranched alkanes of at least 4 members (excludes halogenated alkanes) is 1. The monoisotopic (exact) mass is 843 g/mol. The van der Waals surface area contributed by atoms with Crippen LogP contribution in [0.15, 0.2) is 71.8 Å². The average Bonchev–Trinajstić information content (AvgIpc) is 3.69. The number of aliphatic hydroxyl groups is 5. The third kappa shape index (κ3) is 13.0. The van der Waals surface area contributed by atoms with Gasteiger partial charge in [0.05, 0.1) is 30.5 Å². The quantitative estimate of drug-likeness (QED) is 0.0711. The molecule has 2 aromatic rings. The first-order chi connectivity index (χ1) is 29.3. The van der Waals surface area contributed by atoms with E-state index in [1.165, 1.54) is 0 Å². The maximum absolute atomic E-state index is 13.3. The first kappa shape index (κ1) is 48.5. The molecule has 10 heteroatoms. The van der Waals surface area contributed by atoms with Crippen molar-refractivity contribution in [3.63, 3.8) is 0 Å². The van der Waals surface area contributed by atoms with E-state index in [1.807, 2.05) is 50.3 Å². The van der Waals surface area contributed by atoms with Crippen LogP contribution in [0.3, 0.4) is 0 Å². The van der Waals surface area contributed by atoms with E-state index in [1.54, 1.807) is 18.2 Å². The summed E-state index contributed by atoms with van der Waals surface area (Å²) in [7, 11) is 0. The van der Waals surface area contributed by atoms with Gasteiger partial charge in [-0.05, 0) is 124 Å². The van der Waals surface area contributed by atoms with Gasteiger partial charge < -0.3 is 46.4 Å². The second-order valence-electron chi connectivity index (χ2n) is 18.5. The molecule has 3 aliphatic rings. The van der Waals surface area contributed by atoms with Crippen LogP contribution >= 0.6 is 0 Å². The lowest BCUT2D eigenvalue weighted by molar-refractivity contribution is -0.138. The van der Waals surface area contributed by atoms with E-state index in [0.717, 1.165) is 92.0 Å². The summed E-state index contributed by atoms with van der Waals surface area (Å²) in [6.45, 7) is 5.66. The lowest BCUT2D eigenvalue weighted by atomic mass is 9.63. The van der Waals surface area contributed by atoms with Crippen molar-refractivity contribution in [2.24, 2.45) is 5.92 Å². The number of carboxylic acids is 1. The number of allylic oxidation sites excluding steroid dienone is 2. The molecule has 10 nitrogen and oxygen atoms in total. The van der Waals surface area contributed by atoms with Gasteiger partial charge >= 0.3 is 5.97 Å². The van der Waals surface area contributed by atoms with E-state index in [9.17, 15) is 40.5 Å². The number of aliphatic carboxylic acids is 1. The molecule has 0 amide bonds. The molecule has 1 aliphatic carbocycles. The Bertz CT molecular complexity index is 1810. The van der Waals surface area contributed by atoms with Crippen LogP contribution in [0.5, 0.6) is 5.75 Å². The zero-order valence-corrected chi connectivity index (χ0v) is 36.9. The highest BCUT2D eigenvalue weighted by Crippen LogP contribution is 2.51. The number of carbonyl (C=O) groups is 1. The molecule has 61 heavy (non-hydrogen) atoms. The Morgan fingerprint density at radius 3 is 2.43 bits per heavy atom. The van der Waals surface area contributed by atoms with E-state index in [4.69, 9.17) is 0 Å². The number of benzene rings is 2. The van der Waals surface area contributed by atoms with Gasteiger partial charge in [0, 0.05) is 48.0 Å². The number of aromatic hydroxyl groups is 1. The number of hydrogen-bond acceptors (Lipinski definition) is 9. The Balaban J connectivity index is 1.66. The van der Waals surface area contributed by atoms with Crippen molar-refractivity contribution in [2.45, 2.75) is 190 Å². The molecular formula is C51H74N2O8. The molecule has 0 radical (unpaired) electrons. The molecular weight excluding hydrogens is 769 g/mol. The van der Waals surface area contributed by atoms with Crippen molar-refractivity contribution in [3.8, 4) is 17.6 Å². The number of aryl methyl sites for hydroxylation is 1. The third-order valence-electron chi connectivity index (χ3n) is 14.1. The molecule has 5 rings (SSSR count). The summed E-state index contributed by atoms with van der Waals surface area (Å²) >= 11 is 0. The van der Waals surface area contributed by atoms with E-state index in [-0.39, 0.29) is 36.6 Å². The Morgan fingerprint density at radius 2 is 1.72 bits per heavy atom. The smallest absolute Gasteiger partial charge is 0.303 e. The van der Waals surface area contributed by atoms with E-state index in [2.05, 4.69) is 35.5 Å². The SMILES string of the molecule is CCCC[C@H](O)[C@H](O)/C=C/C1=C(\C[C@H](O)CO)[C@H](CCC[C@@H]2N[C@@H](C)CCC[C@H]2CC(=O)O)N[C@@H]([C@](C)(O)C2(c3ccc(O)cc3)CCCC2)CC#Cc2ccccc2CC1. The van der Waals surface area contributed by atoms with Crippen molar-refractivity contribution >= 4 is 5.97 Å².